The molecule has 1 N–H and O–H groups in total. The van der Waals surface area contributed by atoms with Crippen molar-refractivity contribution in [2.24, 2.45) is 0 Å². The standard InChI is InChI=1S/C14H21N3O2/c1-2-19-14(18)13-11-16-8-10-17(13)9-5-12-3-6-15-7-4-12/h3-4,6-7,13,16H,2,5,8-11H2,1H3. The van der Waals surface area contributed by atoms with Gasteiger partial charge in [0.25, 0.3) is 0 Å². The normalized spacial score (nSPS) is 20.2. The quantitative estimate of drug-likeness (QED) is 0.782. The third-order valence-electron chi connectivity index (χ3n) is 3.35. The lowest BCUT2D eigenvalue weighted by Gasteiger charge is -2.34. The highest BCUT2D eigenvalue weighted by Gasteiger charge is 2.29. The first-order valence-corrected chi connectivity index (χ1v) is 6.81. The minimum absolute atomic E-state index is 0.121. The van der Waals surface area contributed by atoms with Crippen molar-refractivity contribution < 1.29 is 9.53 Å². The maximum absolute atomic E-state index is 11.9. The Morgan fingerprint density at radius 2 is 2.32 bits per heavy atom. The third-order valence-corrected chi connectivity index (χ3v) is 3.35. The summed E-state index contributed by atoms with van der Waals surface area (Å²) in [7, 11) is 0. The number of piperazine rings is 1. The van der Waals surface area contributed by atoms with Gasteiger partial charge in [0, 0.05) is 38.6 Å². The van der Waals surface area contributed by atoms with Gasteiger partial charge in [-0.25, -0.2) is 0 Å². The Balaban J connectivity index is 1.90. The number of aromatic nitrogens is 1. The molecule has 1 aromatic heterocycles. The Morgan fingerprint density at radius 3 is 3.05 bits per heavy atom. The number of carbonyl (C=O) groups is 1. The molecule has 1 saturated heterocycles. The van der Waals surface area contributed by atoms with Crippen molar-refractivity contribution in [1.82, 2.24) is 15.2 Å². The average molecular weight is 263 g/mol. The Kier molecular flexibility index (Phi) is 5.30. The molecule has 2 rings (SSSR count). The highest BCUT2D eigenvalue weighted by Crippen LogP contribution is 2.08. The van der Waals surface area contributed by atoms with E-state index in [0.29, 0.717) is 13.2 Å². The fourth-order valence-corrected chi connectivity index (χ4v) is 2.31. The van der Waals surface area contributed by atoms with Crippen LogP contribution >= 0.6 is 0 Å². The molecule has 1 atom stereocenters. The minimum atomic E-state index is -0.157. The predicted octanol–water partition coefficient (Wildman–Crippen LogP) is 0.461. The van der Waals surface area contributed by atoms with Gasteiger partial charge in [0.1, 0.15) is 6.04 Å². The van der Waals surface area contributed by atoms with Crippen LogP contribution in [0.25, 0.3) is 0 Å². The number of hydrogen-bond donors (Lipinski definition) is 1. The largest absolute Gasteiger partial charge is 0.465 e. The van der Waals surface area contributed by atoms with Crippen molar-refractivity contribution in [3.63, 3.8) is 0 Å². The number of carbonyl (C=O) groups excluding carboxylic acids is 1. The molecular formula is C14H21N3O2. The van der Waals surface area contributed by atoms with Crippen LogP contribution in [-0.4, -0.2) is 54.7 Å². The Labute approximate surface area is 114 Å². The fraction of sp³-hybridized carbons (Fsp3) is 0.571. The molecular weight excluding hydrogens is 242 g/mol. The van der Waals surface area contributed by atoms with Crippen LogP contribution in [-0.2, 0) is 16.0 Å². The zero-order chi connectivity index (χ0) is 13.5. The first-order valence-electron chi connectivity index (χ1n) is 6.81. The second-order valence-corrected chi connectivity index (χ2v) is 4.61. The topological polar surface area (TPSA) is 54.5 Å². The van der Waals surface area contributed by atoms with Gasteiger partial charge in [-0.2, -0.15) is 0 Å². The molecule has 0 radical (unpaired) electrons. The first kappa shape index (κ1) is 14.0. The number of nitrogens with zero attached hydrogens (tertiary/aromatic N) is 2. The van der Waals surface area contributed by atoms with Crippen molar-refractivity contribution in [3.05, 3.63) is 30.1 Å². The maximum atomic E-state index is 11.9. The molecule has 104 valence electrons. The molecule has 1 aromatic rings. The molecule has 1 aliphatic rings. The molecule has 19 heavy (non-hydrogen) atoms. The summed E-state index contributed by atoms with van der Waals surface area (Å²) in [6.45, 7) is 5.63. The van der Waals surface area contributed by atoms with E-state index in [-0.39, 0.29) is 12.0 Å². The van der Waals surface area contributed by atoms with E-state index >= 15 is 0 Å². The van der Waals surface area contributed by atoms with Crippen LogP contribution in [0.1, 0.15) is 12.5 Å². The maximum Gasteiger partial charge on any atom is 0.324 e. The summed E-state index contributed by atoms with van der Waals surface area (Å²) in [4.78, 5) is 18.1. The lowest BCUT2D eigenvalue weighted by atomic mass is 10.1. The zero-order valence-corrected chi connectivity index (χ0v) is 11.3. The molecule has 0 amide bonds. The molecule has 5 heteroatoms. The molecule has 0 spiro atoms. The van der Waals surface area contributed by atoms with Crippen molar-refractivity contribution in [2.45, 2.75) is 19.4 Å². The van der Waals surface area contributed by atoms with Gasteiger partial charge in [-0.1, -0.05) is 0 Å². The van der Waals surface area contributed by atoms with Gasteiger partial charge in [-0.15, -0.1) is 0 Å². The van der Waals surface area contributed by atoms with Gasteiger partial charge in [0.15, 0.2) is 0 Å². The second kappa shape index (κ2) is 7.21. The number of nitrogens with one attached hydrogen (secondary N) is 1. The van der Waals surface area contributed by atoms with E-state index in [9.17, 15) is 4.79 Å². The third kappa shape index (κ3) is 4.01. The lowest BCUT2D eigenvalue weighted by molar-refractivity contribution is -0.150. The monoisotopic (exact) mass is 263 g/mol. The summed E-state index contributed by atoms with van der Waals surface area (Å²) < 4.78 is 5.13. The van der Waals surface area contributed by atoms with Gasteiger partial charge in [-0.3, -0.25) is 14.7 Å². The molecule has 1 fully saturated rings. The molecule has 1 aliphatic heterocycles. The van der Waals surface area contributed by atoms with Crippen LogP contribution in [0.2, 0.25) is 0 Å². The molecule has 1 unspecified atom stereocenters. The van der Waals surface area contributed by atoms with Crippen LogP contribution in [0.15, 0.2) is 24.5 Å². The van der Waals surface area contributed by atoms with Crippen molar-refractivity contribution in [1.29, 1.82) is 0 Å². The number of rotatable bonds is 5. The summed E-state index contributed by atoms with van der Waals surface area (Å²) in [6.07, 6.45) is 4.53. The number of pyridine rings is 1. The smallest absolute Gasteiger partial charge is 0.324 e. The zero-order valence-electron chi connectivity index (χ0n) is 11.3. The van der Waals surface area contributed by atoms with Gasteiger partial charge >= 0.3 is 5.97 Å². The number of hydrogen-bond acceptors (Lipinski definition) is 5. The van der Waals surface area contributed by atoms with Crippen molar-refractivity contribution in [3.8, 4) is 0 Å². The van der Waals surface area contributed by atoms with Crippen LogP contribution in [0, 0.1) is 0 Å². The summed E-state index contributed by atoms with van der Waals surface area (Å²) in [5.41, 5.74) is 1.25. The summed E-state index contributed by atoms with van der Waals surface area (Å²) in [6, 6.07) is 3.87. The predicted molar refractivity (Wildman–Crippen MR) is 72.8 cm³/mol. The van der Waals surface area contributed by atoms with Crippen LogP contribution < -0.4 is 5.32 Å². The first-order chi connectivity index (χ1) is 9.31. The lowest BCUT2D eigenvalue weighted by Crippen LogP contribution is -2.55. The van der Waals surface area contributed by atoms with E-state index in [1.807, 2.05) is 19.1 Å². The SMILES string of the molecule is CCOC(=O)C1CNCCN1CCc1ccncc1. The van der Waals surface area contributed by atoms with Gasteiger partial charge < -0.3 is 10.1 Å². The fourth-order valence-electron chi connectivity index (χ4n) is 2.31. The van der Waals surface area contributed by atoms with Gasteiger partial charge in [-0.05, 0) is 31.0 Å². The number of ether oxygens (including phenoxy) is 1. The Morgan fingerprint density at radius 1 is 1.53 bits per heavy atom. The summed E-state index contributed by atoms with van der Waals surface area (Å²) in [5.74, 6) is -0.121. The van der Waals surface area contributed by atoms with E-state index in [0.717, 1.165) is 26.1 Å². The second-order valence-electron chi connectivity index (χ2n) is 4.61. The van der Waals surface area contributed by atoms with Crippen LogP contribution in [0.4, 0.5) is 0 Å². The van der Waals surface area contributed by atoms with E-state index < -0.39 is 0 Å². The van der Waals surface area contributed by atoms with Gasteiger partial charge in [0.2, 0.25) is 0 Å². The molecule has 5 nitrogen and oxygen atoms in total. The summed E-state index contributed by atoms with van der Waals surface area (Å²) >= 11 is 0. The van der Waals surface area contributed by atoms with Crippen molar-refractivity contribution >= 4 is 5.97 Å². The highest BCUT2D eigenvalue weighted by atomic mass is 16.5. The molecule has 0 saturated carbocycles. The Hall–Kier alpha value is -1.46. The highest BCUT2D eigenvalue weighted by molar-refractivity contribution is 5.76. The molecule has 0 bridgehead atoms. The number of esters is 1. The van der Waals surface area contributed by atoms with E-state index in [1.165, 1.54) is 5.56 Å². The average Bonchev–Trinajstić information content (AvgIpc) is 2.47. The van der Waals surface area contributed by atoms with E-state index in [1.54, 1.807) is 12.4 Å². The van der Waals surface area contributed by atoms with Crippen LogP contribution in [0.5, 0.6) is 0 Å². The van der Waals surface area contributed by atoms with E-state index in [4.69, 9.17) is 4.74 Å². The molecule has 2 heterocycles. The van der Waals surface area contributed by atoms with Crippen molar-refractivity contribution in [2.75, 3.05) is 32.8 Å². The summed E-state index contributed by atoms with van der Waals surface area (Å²) in [5, 5.41) is 3.25. The molecule has 0 aliphatic carbocycles. The Bertz CT molecular complexity index is 397. The van der Waals surface area contributed by atoms with Crippen LogP contribution in [0.3, 0.4) is 0 Å². The van der Waals surface area contributed by atoms with Gasteiger partial charge in [0.05, 0.1) is 6.61 Å². The van der Waals surface area contributed by atoms with E-state index in [2.05, 4.69) is 15.2 Å². The minimum Gasteiger partial charge on any atom is -0.465 e. The molecule has 0 aromatic carbocycles.